The van der Waals surface area contributed by atoms with Crippen LogP contribution in [0.15, 0.2) is 22.7 Å². The Morgan fingerprint density at radius 1 is 1.32 bits per heavy atom. The molecule has 2 rings (SSSR count). The van der Waals surface area contributed by atoms with Gasteiger partial charge in [0.05, 0.1) is 19.8 Å². The van der Waals surface area contributed by atoms with Gasteiger partial charge in [-0.2, -0.15) is 0 Å². The van der Waals surface area contributed by atoms with Crippen LogP contribution in [0.2, 0.25) is 0 Å². The lowest BCUT2D eigenvalue weighted by molar-refractivity contribution is 0.0696. The van der Waals surface area contributed by atoms with Gasteiger partial charge >= 0.3 is 5.97 Å². The summed E-state index contributed by atoms with van der Waals surface area (Å²) in [5.41, 5.74) is 0.753. The maximum atomic E-state index is 11.3. The molecule has 0 bridgehead atoms. The summed E-state index contributed by atoms with van der Waals surface area (Å²) in [7, 11) is 2.99. The third-order valence-corrected chi connectivity index (χ3v) is 2.73. The van der Waals surface area contributed by atoms with Gasteiger partial charge in [0.1, 0.15) is 17.0 Å². The number of carboxylic acids is 1. The number of carboxylic acid groups (broad SMARTS) is 1. The largest absolute Gasteiger partial charge is 0.493 e. The van der Waals surface area contributed by atoms with Crippen LogP contribution in [0.3, 0.4) is 0 Å². The van der Waals surface area contributed by atoms with E-state index in [1.165, 1.54) is 14.2 Å². The zero-order valence-corrected chi connectivity index (χ0v) is 10.8. The molecule has 6 nitrogen and oxygen atoms in total. The third-order valence-electron chi connectivity index (χ3n) is 2.73. The first-order valence-corrected chi connectivity index (χ1v) is 5.51. The van der Waals surface area contributed by atoms with Gasteiger partial charge in [0.2, 0.25) is 0 Å². The van der Waals surface area contributed by atoms with Gasteiger partial charge in [-0.05, 0) is 19.1 Å². The molecule has 0 unspecified atom stereocenters. The number of ether oxygens (including phenoxy) is 2. The second-order valence-electron chi connectivity index (χ2n) is 3.81. The number of methoxy groups -OCH3 is 2. The van der Waals surface area contributed by atoms with Crippen LogP contribution in [0.4, 0.5) is 0 Å². The number of para-hydroxylation sites is 1. The number of aryl methyl sites for hydroxylation is 1. The number of hydrogen-bond acceptors (Lipinski definition) is 5. The zero-order valence-electron chi connectivity index (χ0n) is 10.8. The Bertz CT molecular complexity index is 617. The minimum atomic E-state index is -1.10. The fourth-order valence-electron chi connectivity index (χ4n) is 1.88. The van der Waals surface area contributed by atoms with Crippen LogP contribution >= 0.6 is 0 Å². The second-order valence-corrected chi connectivity index (χ2v) is 3.81. The van der Waals surface area contributed by atoms with Crippen LogP contribution < -0.4 is 9.47 Å². The molecular formula is C13H13NO5. The van der Waals surface area contributed by atoms with Gasteiger partial charge in [0.15, 0.2) is 11.5 Å². The number of nitrogens with zero attached hydrogens (tertiary/aromatic N) is 1. The molecule has 1 aromatic heterocycles. The molecule has 0 saturated heterocycles. The maximum Gasteiger partial charge on any atom is 0.341 e. The van der Waals surface area contributed by atoms with Crippen LogP contribution in [-0.4, -0.2) is 30.5 Å². The van der Waals surface area contributed by atoms with Crippen LogP contribution in [0.1, 0.15) is 16.1 Å². The van der Waals surface area contributed by atoms with E-state index in [9.17, 15) is 9.90 Å². The molecule has 0 spiro atoms. The highest BCUT2D eigenvalue weighted by atomic mass is 16.5. The summed E-state index contributed by atoms with van der Waals surface area (Å²) in [6, 6.07) is 5.15. The van der Waals surface area contributed by atoms with E-state index in [-0.39, 0.29) is 17.0 Å². The normalized spacial score (nSPS) is 10.3. The van der Waals surface area contributed by atoms with Crippen molar-refractivity contribution in [2.45, 2.75) is 6.92 Å². The summed E-state index contributed by atoms with van der Waals surface area (Å²) in [5.74, 6) is 0.0591. The third kappa shape index (κ3) is 2.12. The average molecular weight is 263 g/mol. The summed E-state index contributed by atoms with van der Waals surface area (Å²) >= 11 is 0. The van der Waals surface area contributed by atoms with E-state index >= 15 is 0 Å². The number of carbonyl (C=O) groups is 1. The molecule has 100 valence electrons. The van der Waals surface area contributed by atoms with Crippen molar-refractivity contribution in [3.63, 3.8) is 0 Å². The molecular weight excluding hydrogens is 250 g/mol. The van der Waals surface area contributed by atoms with Gasteiger partial charge in [-0.3, -0.25) is 0 Å². The Kier molecular flexibility index (Phi) is 3.41. The van der Waals surface area contributed by atoms with E-state index in [1.807, 2.05) is 0 Å². The first kappa shape index (κ1) is 12.9. The highest BCUT2D eigenvalue weighted by molar-refractivity contribution is 5.96. The molecule has 0 saturated carbocycles. The lowest BCUT2D eigenvalue weighted by atomic mass is 10.0. The Morgan fingerprint density at radius 2 is 2.05 bits per heavy atom. The highest BCUT2D eigenvalue weighted by Crippen LogP contribution is 2.39. The van der Waals surface area contributed by atoms with Gasteiger partial charge < -0.3 is 19.1 Å². The van der Waals surface area contributed by atoms with E-state index in [0.29, 0.717) is 17.1 Å². The molecule has 1 aromatic carbocycles. The zero-order chi connectivity index (χ0) is 14.0. The fourth-order valence-corrected chi connectivity index (χ4v) is 1.88. The van der Waals surface area contributed by atoms with Crippen molar-refractivity contribution in [1.29, 1.82) is 0 Å². The van der Waals surface area contributed by atoms with Gasteiger partial charge in [-0.1, -0.05) is 11.2 Å². The van der Waals surface area contributed by atoms with Crippen molar-refractivity contribution in [3.8, 4) is 22.8 Å². The number of aromatic carboxylic acids is 1. The lowest BCUT2D eigenvalue weighted by Gasteiger charge is -2.11. The van der Waals surface area contributed by atoms with Crippen LogP contribution in [-0.2, 0) is 0 Å². The second kappa shape index (κ2) is 5.01. The minimum Gasteiger partial charge on any atom is -0.493 e. The van der Waals surface area contributed by atoms with Crippen LogP contribution in [0, 0.1) is 6.92 Å². The molecule has 0 atom stereocenters. The molecule has 6 heteroatoms. The van der Waals surface area contributed by atoms with E-state index in [4.69, 9.17) is 14.0 Å². The van der Waals surface area contributed by atoms with Gasteiger partial charge in [0.25, 0.3) is 0 Å². The first-order chi connectivity index (χ1) is 9.10. The Morgan fingerprint density at radius 3 is 2.63 bits per heavy atom. The first-order valence-electron chi connectivity index (χ1n) is 5.51. The summed E-state index contributed by atoms with van der Waals surface area (Å²) in [6.07, 6.45) is 0. The average Bonchev–Trinajstić information content (AvgIpc) is 2.79. The van der Waals surface area contributed by atoms with Gasteiger partial charge in [0, 0.05) is 0 Å². The predicted octanol–water partition coefficient (Wildman–Crippen LogP) is 2.37. The Balaban J connectivity index is 2.69. The van der Waals surface area contributed by atoms with E-state index in [0.717, 1.165) is 0 Å². The summed E-state index contributed by atoms with van der Waals surface area (Å²) in [4.78, 5) is 11.3. The van der Waals surface area contributed by atoms with Crippen molar-refractivity contribution >= 4 is 5.97 Å². The van der Waals surface area contributed by atoms with Crippen molar-refractivity contribution in [2.75, 3.05) is 14.2 Å². The van der Waals surface area contributed by atoms with Crippen molar-refractivity contribution in [2.24, 2.45) is 0 Å². The Hall–Kier alpha value is -2.50. The number of hydrogen-bond donors (Lipinski definition) is 1. The molecule has 0 aliphatic rings. The summed E-state index contributed by atoms with van der Waals surface area (Å²) in [5, 5.41) is 13.0. The lowest BCUT2D eigenvalue weighted by Crippen LogP contribution is -2.01. The summed E-state index contributed by atoms with van der Waals surface area (Å²) in [6.45, 7) is 1.55. The summed E-state index contributed by atoms with van der Waals surface area (Å²) < 4.78 is 15.4. The minimum absolute atomic E-state index is 0.0200. The molecule has 0 radical (unpaired) electrons. The molecule has 2 aromatic rings. The quantitative estimate of drug-likeness (QED) is 0.911. The van der Waals surface area contributed by atoms with Crippen LogP contribution in [0.25, 0.3) is 11.3 Å². The van der Waals surface area contributed by atoms with Crippen molar-refractivity contribution in [1.82, 2.24) is 5.16 Å². The van der Waals surface area contributed by atoms with E-state index < -0.39 is 5.97 Å². The number of aromatic nitrogens is 1. The molecule has 0 aliphatic heterocycles. The van der Waals surface area contributed by atoms with E-state index in [2.05, 4.69) is 5.16 Å². The standard InChI is InChI=1S/C13H13NO5/c1-7-10(13(15)16)11(14-19-7)8-5-4-6-9(17-2)12(8)18-3/h4-6H,1-3H3,(H,15,16). The fraction of sp³-hybridized carbons (Fsp3) is 0.231. The maximum absolute atomic E-state index is 11.3. The van der Waals surface area contributed by atoms with Crippen LogP contribution in [0.5, 0.6) is 11.5 Å². The monoisotopic (exact) mass is 263 g/mol. The molecule has 0 fully saturated rings. The predicted molar refractivity (Wildman–Crippen MR) is 66.7 cm³/mol. The molecule has 1 N–H and O–H groups in total. The molecule has 0 aliphatic carbocycles. The number of rotatable bonds is 4. The van der Waals surface area contributed by atoms with Gasteiger partial charge in [-0.15, -0.1) is 0 Å². The number of benzene rings is 1. The SMILES string of the molecule is COc1cccc(-c2noc(C)c2C(=O)O)c1OC. The molecule has 1 heterocycles. The van der Waals surface area contributed by atoms with Crippen molar-refractivity contribution in [3.05, 3.63) is 29.5 Å². The van der Waals surface area contributed by atoms with E-state index in [1.54, 1.807) is 25.1 Å². The highest BCUT2D eigenvalue weighted by Gasteiger charge is 2.24. The smallest absolute Gasteiger partial charge is 0.341 e. The van der Waals surface area contributed by atoms with Gasteiger partial charge in [-0.25, -0.2) is 4.79 Å². The topological polar surface area (TPSA) is 81.8 Å². The van der Waals surface area contributed by atoms with Crippen molar-refractivity contribution < 1.29 is 23.9 Å². The molecule has 19 heavy (non-hydrogen) atoms. The molecule has 0 amide bonds. The Labute approximate surface area is 109 Å².